The summed E-state index contributed by atoms with van der Waals surface area (Å²) in [5, 5.41) is 3.87. The zero-order valence-electron chi connectivity index (χ0n) is 12.7. The normalized spacial score (nSPS) is 29.0. The Morgan fingerprint density at radius 2 is 1.94 bits per heavy atom. The van der Waals surface area contributed by atoms with Gasteiger partial charge in [0.25, 0.3) is 0 Å². The minimum atomic E-state index is 0.475. The maximum atomic E-state index is 3.87. The first-order chi connectivity index (χ1) is 8.61. The van der Waals surface area contributed by atoms with Crippen LogP contribution in [0.15, 0.2) is 0 Å². The van der Waals surface area contributed by atoms with Crippen LogP contribution in [0.25, 0.3) is 0 Å². The van der Waals surface area contributed by atoms with E-state index in [4.69, 9.17) is 0 Å². The van der Waals surface area contributed by atoms with Crippen LogP contribution in [0.4, 0.5) is 0 Å². The van der Waals surface area contributed by atoms with Crippen molar-refractivity contribution in [3.63, 3.8) is 0 Å². The van der Waals surface area contributed by atoms with Crippen LogP contribution in [0.1, 0.15) is 65.7 Å². The largest absolute Gasteiger partial charge is 0.308 e. The van der Waals surface area contributed by atoms with Gasteiger partial charge < -0.3 is 5.32 Å². The number of piperazine rings is 1. The molecule has 2 rings (SSSR count). The Morgan fingerprint density at radius 3 is 2.61 bits per heavy atom. The van der Waals surface area contributed by atoms with Crippen LogP contribution in [0.5, 0.6) is 0 Å². The van der Waals surface area contributed by atoms with Crippen LogP contribution >= 0.6 is 0 Å². The molecule has 1 saturated heterocycles. The Balaban J connectivity index is 1.84. The van der Waals surface area contributed by atoms with E-state index < -0.39 is 0 Å². The van der Waals surface area contributed by atoms with E-state index in [1.807, 2.05) is 0 Å². The van der Waals surface area contributed by atoms with Crippen molar-refractivity contribution in [3.05, 3.63) is 0 Å². The number of nitrogens with one attached hydrogen (secondary N) is 1. The van der Waals surface area contributed by atoms with Gasteiger partial charge in [-0.1, -0.05) is 33.1 Å². The molecule has 1 spiro atoms. The Bertz CT molecular complexity index is 243. The highest BCUT2D eigenvalue weighted by atomic mass is 15.2. The molecule has 18 heavy (non-hydrogen) atoms. The standard InChI is InChI=1S/C16H32N2/c1-14(2)8-7-11-18-13-16(17-12-15(18)3)9-5-4-6-10-16/h14-15,17H,4-13H2,1-3H3. The maximum Gasteiger partial charge on any atom is 0.0309 e. The average molecular weight is 252 g/mol. The van der Waals surface area contributed by atoms with Gasteiger partial charge in [-0.05, 0) is 45.1 Å². The highest BCUT2D eigenvalue weighted by Crippen LogP contribution is 2.31. The van der Waals surface area contributed by atoms with Crippen molar-refractivity contribution in [2.75, 3.05) is 19.6 Å². The van der Waals surface area contributed by atoms with Crippen molar-refractivity contribution in [3.8, 4) is 0 Å². The number of hydrogen-bond donors (Lipinski definition) is 1. The zero-order valence-corrected chi connectivity index (χ0v) is 12.7. The lowest BCUT2D eigenvalue weighted by atomic mass is 9.79. The van der Waals surface area contributed by atoms with Gasteiger partial charge in [0.05, 0.1) is 0 Å². The molecule has 0 aromatic rings. The second kappa shape index (κ2) is 6.38. The first-order valence-corrected chi connectivity index (χ1v) is 8.10. The maximum absolute atomic E-state index is 3.87. The topological polar surface area (TPSA) is 15.3 Å². The molecule has 2 fully saturated rings. The van der Waals surface area contributed by atoms with Crippen molar-refractivity contribution in [2.45, 2.75) is 77.3 Å². The molecular formula is C16H32N2. The summed E-state index contributed by atoms with van der Waals surface area (Å²) in [6, 6.07) is 0.727. The van der Waals surface area contributed by atoms with E-state index in [1.165, 1.54) is 64.6 Å². The SMILES string of the molecule is CC(C)CCCN1CC2(CCCCC2)NCC1C. The predicted molar refractivity (Wildman–Crippen MR) is 78.9 cm³/mol. The number of hydrogen-bond acceptors (Lipinski definition) is 2. The lowest BCUT2D eigenvalue weighted by Gasteiger charge is -2.49. The molecule has 0 radical (unpaired) electrons. The minimum Gasteiger partial charge on any atom is -0.308 e. The lowest BCUT2D eigenvalue weighted by molar-refractivity contribution is 0.0610. The van der Waals surface area contributed by atoms with Crippen molar-refractivity contribution >= 4 is 0 Å². The molecule has 2 heteroatoms. The fraction of sp³-hybridized carbons (Fsp3) is 1.00. The number of rotatable bonds is 4. The van der Waals surface area contributed by atoms with Gasteiger partial charge in [-0.15, -0.1) is 0 Å². The lowest BCUT2D eigenvalue weighted by Crippen LogP contribution is -2.64. The molecule has 1 heterocycles. The average Bonchev–Trinajstić information content (AvgIpc) is 2.35. The summed E-state index contributed by atoms with van der Waals surface area (Å²) in [6.07, 6.45) is 9.87. The second-order valence-corrected chi connectivity index (χ2v) is 7.08. The summed E-state index contributed by atoms with van der Waals surface area (Å²) in [5.41, 5.74) is 0.475. The van der Waals surface area contributed by atoms with E-state index in [0.29, 0.717) is 5.54 Å². The molecule has 1 unspecified atom stereocenters. The Labute approximate surface area is 114 Å². The molecule has 1 atom stereocenters. The van der Waals surface area contributed by atoms with Gasteiger partial charge in [0, 0.05) is 24.7 Å². The molecule has 0 amide bonds. The molecule has 0 bridgehead atoms. The van der Waals surface area contributed by atoms with Gasteiger partial charge in [0.15, 0.2) is 0 Å². The van der Waals surface area contributed by atoms with Crippen molar-refractivity contribution in [1.29, 1.82) is 0 Å². The van der Waals surface area contributed by atoms with Crippen LogP contribution in [0.2, 0.25) is 0 Å². The van der Waals surface area contributed by atoms with E-state index in [2.05, 4.69) is 31.0 Å². The fourth-order valence-corrected chi connectivity index (χ4v) is 3.66. The van der Waals surface area contributed by atoms with Crippen molar-refractivity contribution in [1.82, 2.24) is 10.2 Å². The van der Waals surface area contributed by atoms with E-state index in [-0.39, 0.29) is 0 Å². The molecule has 0 aromatic heterocycles. The molecule has 1 aliphatic carbocycles. The summed E-state index contributed by atoms with van der Waals surface area (Å²) < 4.78 is 0. The van der Waals surface area contributed by atoms with Crippen LogP contribution < -0.4 is 5.32 Å². The molecule has 2 aliphatic rings. The molecule has 106 valence electrons. The van der Waals surface area contributed by atoms with Crippen LogP contribution in [0, 0.1) is 5.92 Å². The third-order valence-corrected chi connectivity index (χ3v) is 4.94. The third kappa shape index (κ3) is 3.71. The zero-order chi connectivity index (χ0) is 13.0. The first kappa shape index (κ1) is 14.3. The molecule has 1 saturated carbocycles. The highest BCUT2D eigenvalue weighted by Gasteiger charge is 2.38. The Hall–Kier alpha value is -0.0800. The van der Waals surface area contributed by atoms with Crippen molar-refractivity contribution < 1.29 is 0 Å². The second-order valence-electron chi connectivity index (χ2n) is 7.08. The smallest absolute Gasteiger partial charge is 0.0309 e. The van der Waals surface area contributed by atoms with Crippen LogP contribution in [-0.4, -0.2) is 36.1 Å². The van der Waals surface area contributed by atoms with Gasteiger partial charge in [-0.3, -0.25) is 4.90 Å². The van der Waals surface area contributed by atoms with Gasteiger partial charge in [0.2, 0.25) is 0 Å². The van der Waals surface area contributed by atoms with Crippen LogP contribution in [-0.2, 0) is 0 Å². The molecule has 1 N–H and O–H groups in total. The van der Waals surface area contributed by atoms with Crippen LogP contribution in [0.3, 0.4) is 0 Å². The van der Waals surface area contributed by atoms with Crippen molar-refractivity contribution in [2.24, 2.45) is 5.92 Å². The summed E-state index contributed by atoms with van der Waals surface area (Å²) in [5.74, 6) is 0.854. The summed E-state index contributed by atoms with van der Waals surface area (Å²) in [7, 11) is 0. The van der Waals surface area contributed by atoms with E-state index in [0.717, 1.165) is 12.0 Å². The molecule has 0 aromatic carbocycles. The monoisotopic (exact) mass is 252 g/mol. The minimum absolute atomic E-state index is 0.475. The quantitative estimate of drug-likeness (QED) is 0.825. The van der Waals surface area contributed by atoms with Gasteiger partial charge in [0.1, 0.15) is 0 Å². The summed E-state index contributed by atoms with van der Waals surface area (Å²) in [4.78, 5) is 2.75. The van der Waals surface area contributed by atoms with Gasteiger partial charge >= 0.3 is 0 Å². The van der Waals surface area contributed by atoms with E-state index in [9.17, 15) is 0 Å². The first-order valence-electron chi connectivity index (χ1n) is 8.10. The Kier molecular flexibility index (Phi) is 5.08. The van der Waals surface area contributed by atoms with Gasteiger partial charge in [-0.25, -0.2) is 0 Å². The highest BCUT2D eigenvalue weighted by molar-refractivity contribution is 4.98. The van der Waals surface area contributed by atoms with E-state index >= 15 is 0 Å². The summed E-state index contributed by atoms with van der Waals surface area (Å²) in [6.45, 7) is 10.9. The molecule has 2 nitrogen and oxygen atoms in total. The Morgan fingerprint density at radius 1 is 1.22 bits per heavy atom. The summed E-state index contributed by atoms with van der Waals surface area (Å²) >= 11 is 0. The number of nitrogens with zero attached hydrogens (tertiary/aromatic N) is 1. The molecular weight excluding hydrogens is 220 g/mol. The third-order valence-electron chi connectivity index (χ3n) is 4.94. The van der Waals surface area contributed by atoms with Gasteiger partial charge in [-0.2, -0.15) is 0 Å². The fourth-order valence-electron chi connectivity index (χ4n) is 3.66. The van der Waals surface area contributed by atoms with E-state index in [1.54, 1.807) is 0 Å². The molecule has 1 aliphatic heterocycles. The predicted octanol–water partition coefficient (Wildman–Crippen LogP) is 3.42.